The fourth-order valence-electron chi connectivity index (χ4n) is 2.24. The molecule has 1 aliphatic heterocycles. The van der Waals surface area contributed by atoms with E-state index in [0.717, 1.165) is 24.5 Å². The van der Waals surface area contributed by atoms with E-state index in [1.54, 1.807) is 6.20 Å². The molecular weight excluding hydrogens is 242 g/mol. The molecule has 0 saturated heterocycles. The molecule has 2 heterocycles. The van der Waals surface area contributed by atoms with E-state index in [2.05, 4.69) is 34.1 Å². The molecule has 90 valence electrons. The molecule has 2 aromatic rings. The highest BCUT2D eigenvalue weighted by Gasteiger charge is 2.19. The van der Waals surface area contributed by atoms with Crippen molar-refractivity contribution in [3.63, 3.8) is 0 Å². The Labute approximate surface area is 111 Å². The van der Waals surface area contributed by atoms with E-state index in [-0.39, 0.29) is 0 Å². The Morgan fingerprint density at radius 3 is 2.44 bits per heavy atom. The van der Waals surface area contributed by atoms with Crippen LogP contribution in [0.2, 0.25) is 0 Å². The number of hydrogen-bond donors (Lipinski definition) is 1. The molecule has 4 heteroatoms. The fraction of sp³-hybridized carbons (Fsp3) is 0.143. The molecule has 0 amide bonds. The Morgan fingerprint density at radius 1 is 1.17 bits per heavy atom. The lowest BCUT2D eigenvalue weighted by molar-refractivity contribution is 0.856. The standard InChI is InChI=1S/C14H13N3S/c15-14(18)10-5-6-16-13(7-10)17-8-11-3-1-2-4-12(11)9-17/h1-7H,8-9H2,(H2,15,18). The number of fused-ring (bicyclic) bond motifs is 1. The van der Waals surface area contributed by atoms with Gasteiger partial charge in [0.05, 0.1) is 0 Å². The topological polar surface area (TPSA) is 42.1 Å². The van der Waals surface area contributed by atoms with Gasteiger partial charge >= 0.3 is 0 Å². The van der Waals surface area contributed by atoms with Crippen molar-refractivity contribution in [2.24, 2.45) is 5.73 Å². The Bertz CT molecular complexity index is 584. The molecule has 18 heavy (non-hydrogen) atoms. The summed E-state index contributed by atoms with van der Waals surface area (Å²) in [6, 6.07) is 12.3. The summed E-state index contributed by atoms with van der Waals surface area (Å²) in [5, 5.41) is 0. The average molecular weight is 255 g/mol. The van der Waals surface area contributed by atoms with E-state index in [9.17, 15) is 0 Å². The van der Waals surface area contributed by atoms with Gasteiger partial charge in [0.15, 0.2) is 0 Å². The van der Waals surface area contributed by atoms with Crippen LogP contribution in [0.3, 0.4) is 0 Å². The first-order chi connectivity index (χ1) is 8.74. The largest absolute Gasteiger partial charge is 0.389 e. The van der Waals surface area contributed by atoms with Crippen LogP contribution in [-0.2, 0) is 13.1 Å². The minimum atomic E-state index is 0.412. The van der Waals surface area contributed by atoms with Gasteiger partial charge in [-0.25, -0.2) is 4.98 Å². The number of anilines is 1. The minimum absolute atomic E-state index is 0.412. The molecule has 1 aromatic heterocycles. The number of rotatable bonds is 2. The van der Waals surface area contributed by atoms with Crippen molar-refractivity contribution in [2.75, 3.05) is 4.90 Å². The van der Waals surface area contributed by atoms with E-state index in [0.29, 0.717) is 4.99 Å². The van der Waals surface area contributed by atoms with Gasteiger partial charge in [0, 0.05) is 24.8 Å². The highest BCUT2D eigenvalue weighted by Crippen LogP contribution is 2.26. The van der Waals surface area contributed by atoms with Crippen molar-refractivity contribution in [3.05, 3.63) is 59.3 Å². The maximum atomic E-state index is 5.65. The normalized spacial score (nSPS) is 13.4. The Morgan fingerprint density at radius 2 is 1.83 bits per heavy atom. The van der Waals surface area contributed by atoms with Gasteiger partial charge in [-0.05, 0) is 23.3 Å². The zero-order valence-corrected chi connectivity index (χ0v) is 10.7. The third-order valence-corrected chi connectivity index (χ3v) is 3.43. The molecule has 0 atom stereocenters. The molecule has 2 N–H and O–H groups in total. The number of pyridine rings is 1. The molecule has 3 rings (SSSR count). The SMILES string of the molecule is NC(=S)c1ccnc(N2Cc3ccccc3C2)c1. The van der Waals surface area contributed by atoms with E-state index >= 15 is 0 Å². The zero-order chi connectivity index (χ0) is 12.5. The molecule has 0 spiro atoms. The van der Waals surface area contributed by atoms with Gasteiger partial charge in [0.1, 0.15) is 10.8 Å². The number of benzene rings is 1. The summed E-state index contributed by atoms with van der Waals surface area (Å²) in [4.78, 5) is 7.04. The zero-order valence-electron chi connectivity index (χ0n) is 9.84. The summed E-state index contributed by atoms with van der Waals surface area (Å²) in [5.74, 6) is 0.927. The van der Waals surface area contributed by atoms with Crippen molar-refractivity contribution >= 4 is 23.0 Å². The first-order valence-corrected chi connectivity index (χ1v) is 6.22. The van der Waals surface area contributed by atoms with Gasteiger partial charge in [-0.3, -0.25) is 0 Å². The Kier molecular flexibility index (Phi) is 2.72. The van der Waals surface area contributed by atoms with E-state index < -0.39 is 0 Å². The highest BCUT2D eigenvalue weighted by atomic mass is 32.1. The fourth-order valence-corrected chi connectivity index (χ4v) is 2.37. The quantitative estimate of drug-likeness (QED) is 0.836. The second kappa shape index (κ2) is 4.38. The van der Waals surface area contributed by atoms with Crippen molar-refractivity contribution in [1.29, 1.82) is 0 Å². The molecule has 0 unspecified atom stereocenters. The van der Waals surface area contributed by atoms with Gasteiger partial charge in [-0.15, -0.1) is 0 Å². The summed E-state index contributed by atoms with van der Waals surface area (Å²) >= 11 is 5.00. The summed E-state index contributed by atoms with van der Waals surface area (Å²) in [6.45, 7) is 1.79. The Balaban J connectivity index is 1.90. The second-order valence-electron chi connectivity index (χ2n) is 4.39. The lowest BCUT2D eigenvalue weighted by atomic mass is 10.1. The van der Waals surface area contributed by atoms with Crippen LogP contribution in [-0.4, -0.2) is 9.97 Å². The molecule has 0 saturated carbocycles. The molecule has 1 aliphatic rings. The van der Waals surface area contributed by atoms with Crippen LogP contribution in [0.1, 0.15) is 16.7 Å². The molecule has 1 aromatic carbocycles. The number of thiocarbonyl (C=S) groups is 1. The first-order valence-electron chi connectivity index (χ1n) is 5.81. The smallest absolute Gasteiger partial charge is 0.129 e. The second-order valence-corrected chi connectivity index (χ2v) is 4.83. The lowest BCUT2D eigenvalue weighted by Crippen LogP contribution is -2.17. The van der Waals surface area contributed by atoms with Crippen LogP contribution < -0.4 is 10.6 Å². The van der Waals surface area contributed by atoms with Gasteiger partial charge in [0.25, 0.3) is 0 Å². The maximum absolute atomic E-state index is 5.65. The van der Waals surface area contributed by atoms with Crippen LogP contribution in [0.25, 0.3) is 0 Å². The maximum Gasteiger partial charge on any atom is 0.129 e. The third-order valence-electron chi connectivity index (χ3n) is 3.19. The summed E-state index contributed by atoms with van der Waals surface area (Å²) in [6.07, 6.45) is 1.76. The monoisotopic (exact) mass is 255 g/mol. The summed E-state index contributed by atoms with van der Waals surface area (Å²) < 4.78 is 0. The van der Waals surface area contributed by atoms with Gasteiger partial charge < -0.3 is 10.6 Å². The van der Waals surface area contributed by atoms with Gasteiger partial charge in [0.2, 0.25) is 0 Å². The van der Waals surface area contributed by atoms with Gasteiger partial charge in [-0.1, -0.05) is 36.5 Å². The first kappa shape index (κ1) is 11.2. The predicted octanol–water partition coefficient (Wildman–Crippen LogP) is 2.24. The van der Waals surface area contributed by atoms with E-state index in [1.165, 1.54) is 11.1 Å². The number of aromatic nitrogens is 1. The van der Waals surface area contributed by atoms with Crippen molar-refractivity contribution in [1.82, 2.24) is 4.98 Å². The Hall–Kier alpha value is -1.94. The molecular formula is C14H13N3S. The van der Waals surface area contributed by atoms with Crippen LogP contribution in [0.5, 0.6) is 0 Å². The van der Waals surface area contributed by atoms with Crippen molar-refractivity contribution in [2.45, 2.75) is 13.1 Å². The summed E-state index contributed by atoms with van der Waals surface area (Å²) in [7, 11) is 0. The van der Waals surface area contributed by atoms with Crippen molar-refractivity contribution < 1.29 is 0 Å². The molecule has 3 nitrogen and oxygen atoms in total. The van der Waals surface area contributed by atoms with Crippen LogP contribution in [0.15, 0.2) is 42.6 Å². The van der Waals surface area contributed by atoms with E-state index in [4.69, 9.17) is 18.0 Å². The molecule has 0 aliphatic carbocycles. The molecule has 0 bridgehead atoms. The molecule has 0 radical (unpaired) electrons. The number of nitrogens with zero attached hydrogens (tertiary/aromatic N) is 2. The predicted molar refractivity (Wildman–Crippen MR) is 76.5 cm³/mol. The third kappa shape index (κ3) is 1.95. The number of hydrogen-bond acceptors (Lipinski definition) is 3. The minimum Gasteiger partial charge on any atom is -0.389 e. The summed E-state index contributed by atoms with van der Waals surface area (Å²) in [5.41, 5.74) is 9.24. The van der Waals surface area contributed by atoms with E-state index in [1.807, 2.05) is 12.1 Å². The highest BCUT2D eigenvalue weighted by molar-refractivity contribution is 7.80. The van der Waals surface area contributed by atoms with Crippen LogP contribution >= 0.6 is 12.2 Å². The van der Waals surface area contributed by atoms with Crippen LogP contribution in [0, 0.1) is 0 Å². The lowest BCUT2D eigenvalue weighted by Gasteiger charge is -2.16. The number of nitrogens with two attached hydrogens (primary N) is 1. The average Bonchev–Trinajstić information content (AvgIpc) is 2.82. The molecule has 0 fully saturated rings. The van der Waals surface area contributed by atoms with Gasteiger partial charge in [-0.2, -0.15) is 0 Å². The van der Waals surface area contributed by atoms with Crippen molar-refractivity contribution in [3.8, 4) is 0 Å². The van der Waals surface area contributed by atoms with Crippen LogP contribution in [0.4, 0.5) is 5.82 Å².